The molecule has 0 aliphatic carbocycles. The minimum Gasteiger partial charge on any atom is -0.379 e. The zero-order valence-electron chi connectivity index (χ0n) is 13.4. The van der Waals surface area contributed by atoms with Gasteiger partial charge in [-0.15, -0.1) is 24.8 Å². The van der Waals surface area contributed by atoms with Crippen LogP contribution in [0.15, 0.2) is 0 Å². The lowest BCUT2D eigenvalue weighted by atomic mass is 10.0. The van der Waals surface area contributed by atoms with Crippen LogP contribution in [0.5, 0.6) is 0 Å². The molecule has 0 aromatic rings. The number of rotatable bonds is 5. The molecule has 2 heterocycles. The summed E-state index contributed by atoms with van der Waals surface area (Å²) < 4.78 is 5.36. The van der Waals surface area contributed by atoms with Gasteiger partial charge in [0.25, 0.3) is 0 Å². The van der Waals surface area contributed by atoms with E-state index in [4.69, 9.17) is 10.5 Å². The average molecular weight is 371 g/mol. The normalized spacial score (nSPS) is 21.8. The van der Waals surface area contributed by atoms with E-state index in [1.807, 2.05) is 4.90 Å². The Morgan fingerprint density at radius 3 is 2.48 bits per heavy atom. The Morgan fingerprint density at radius 1 is 1.13 bits per heavy atom. The summed E-state index contributed by atoms with van der Waals surface area (Å²) in [6.45, 7) is 5.07. The van der Waals surface area contributed by atoms with Gasteiger partial charge in [0, 0.05) is 32.2 Å². The van der Waals surface area contributed by atoms with Gasteiger partial charge in [0.2, 0.25) is 11.8 Å². The van der Waals surface area contributed by atoms with Crippen molar-refractivity contribution in [3.05, 3.63) is 0 Å². The summed E-state index contributed by atoms with van der Waals surface area (Å²) in [6, 6.07) is 0.249. The van der Waals surface area contributed by atoms with E-state index in [0.717, 1.165) is 58.7 Å². The minimum absolute atomic E-state index is 0. The van der Waals surface area contributed by atoms with Gasteiger partial charge in [0.15, 0.2) is 0 Å². The standard InChI is InChI=1S/C14H26N4O3.2ClH/c15-9-13(19)16-10-14(20)18-4-2-1-3-12(18)11-17-5-7-21-8-6-17;;/h12H,1-11,15H2,(H,16,19);2*1H. The van der Waals surface area contributed by atoms with E-state index in [9.17, 15) is 9.59 Å². The molecule has 3 N–H and O–H groups in total. The summed E-state index contributed by atoms with van der Waals surface area (Å²) >= 11 is 0. The van der Waals surface area contributed by atoms with Crippen LogP contribution in [0, 0.1) is 0 Å². The molecule has 2 saturated heterocycles. The second kappa shape index (κ2) is 11.9. The Balaban J connectivity index is 0.00000242. The number of likely N-dealkylation sites (tertiary alicyclic amines) is 1. The molecule has 2 aliphatic heterocycles. The maximum Gasteiger partial charge on any atom is 0.242 e. The van der Waals surface area contributed by atoms with Crippen LogP contribution in [-0.4, -0.2) is 80.1 Å². The van der Waals surface area contributed by atoms with Gasteiger partial charge in [0.1, 0.15) is 0 Å². The largest absolute Gasteiger partial charge is 0.379 e. The highest BCUT2D eigenvalue weighted by Crippen LogP contribution is 2.18. The summed E-state index contributed by atoms with van der Waals surface area (Å²) in [4.78, 5) is 27.8. The number of ether oxygens (including phenoxy) is 1. The van der Waals surface area contributed by atoms with Crippen molar-refractivity contribution < 1.29 is 14.3 Å². The molecule has 2 fully saturated rings. The molecule has 0 spiro atoms. The van der Waals surface area contributed by atoms with Crippen molar-refractivity contribution in [1.82, 2.24) is 15.1 Å². The number of hydrogen-bond acceptors (Lipinski definition) is 5. The molecule has 0 aromatic heterocycles. The highest BCUT2D eigenvalue weighted by molar-refractivity contribution is 5.86. The molecule has 2 amide bonds. The van der Waals surface area contributed by atoms with Gasteiger partial charge in [-0.1, -0.05) is 0 Å². The number of nitrogens with one attached hydrogen (secondary N) is 1. The number of carbonyl (C=O) groups is 2. The molecule has 2 rings (SSSR count). The third-order valence-electron chi connectivity index (χ3n) is 4.14. The number of morpholine rings is 1. The zero-order valence-corrected chi connectivity index (χ0v) is 15.0. The summed E-state index contributed by atoms with van der Waals surface area (Å²) in [5.41, 5.74) is 5.23. The summed E-state index contributed by atoms with van der Waals surface area (Å²) in [5, 5.41) is 2.56. The number of nitrogens with zero attached hydrogens (tertiary/aromatic N) is 2. The van der Waals surface area contributed by atoms with Gasteiger partial charge in [0.05, 0.1) is 26.3 Å². The van der Waals surface area contributed by atoms with Crippen LogP contribution >= 0.6 is 24.8 Å². The van der Waals surface area contributed by atoms with E-state index < -0.39 is 0 Å². The predicted octanol–water partition coefficient (Wildman–Crippen LogP) is -0.382. The zero-order chi connectivity index (χ0) is 15.1. The molecule has 2 aliphatic rings. The number of halogens is 2. The van der Waals surface area contributed by atoms with E-state index in [0.29, 0.717) is 0 Å². The topological polar surface area (TPSA) is 87.9 Å². The van der Waals surface area contributed by atoms with Crippen LogP contribution in [0.25, 0.3) is 0 Å². The van der Waals surface area contributed by atoms with Crippen LogP contribution in [0.3, 0.4) is 0 Å². The first kappa shape index (κ1) is 22.4. The highest BCUT2D eigenvalue weighted by atomic mass is 35.5. The van der Waals surface area contributed by atoms with E-state index in [-0.39, 0.29) is 55.8 Å². The number of nitrogens with two attached hydrogens (primary N) is 1. The van der Waals surface area contributed by atoms with Crippen molar-refractivity contribution >= 4 is 36.6 Å². The second-order valence-electron chi connectivity index (χ2n) is 5.63. The molecule has 0 bridgehead atoms. The van der Waals surface area contributed by atoms with E-state index >= 15 is 0 Å². The Labute approximate surface area is 150 Å². The average Bonchev–Trinajstić information content (AvgIpc) is 2.53. The van der Waals surface area contributed by atoms with Gasteiger partial charge in [-0.2, -0.15) is 0 Å². The molecule has 0 aromatic carbocycles. The maximum absolute atomic E-state index is 12.3. The minimum atomic E-state index is -0.287. The van der Waals surface area contributed by atoms with Crippen molar-refractivity contribution in [1.29, 1.82) is 0 Å². The van der Waals surface area contributed by atoms with Gasteiger partial charge < -0.3 is 20.7 Å². The fourth-order valence-corrected chi connectivity index (χ4v) is 2.95. The Hall–Kier alpha value is -0.600. The van der Waals surface area contributed by atoms with Crippen LogP contribution in [0.1, 0.15) is 19.3 Å². The molecule has 1 atom stereocenters. The fraction of sp³-hybridized carbons (Fsp3) is 0.857. The smallest absolute Gasteiger partial charge is 0.242 e. The fourth-order valence-electron chi connectivity index (χ4n) is 2.95. The van der Waals surface area contributed by atoms with Crippen molar-refractivity contribution in [3.63, 3.8) is 0 Å². The van der Waals surface area contributed by atoms with Crippen molar-refractivity contribution in [2.45, 2.75) is 25.3 Å². The third kappa shape index (κ3) is 7.22. The monoisotopic (exact) mass is 370 g/mol. The van der Waals surface area contributed by atoms with Gasteiger partial charge in [-0.25, -0.2) is 0 Å². The quantitative estimate of drug-likeness (QED) is 0.688. The molecule has 0 radical (unpaired) electrons. The maximum atomic E-state index is 12.3. The molecular formula is C14H28Cl2N4O3. The van der Waals surface area contributed by atoms with Crippen molar-refractivity contribution in [3.8, 4) is 0 Å². The van der Waals surface area contributed by atoms with Crippen LogP contribution in [-0.2, 0) is 14.3 Å². The summed E-state index contributed by atoms with van der Waals surface area (Å²) in [7, 11) is 0. The molecule has 136 valence electrons. The van der Waals surface area contributed by atoms with Crippen LogP contribution in [0.4, 0.5) is 0 Å². The van der Waals surface area contributed by atoms with Gasteiger partial charge in [-0.3, -0.25) is 14.5 Å². The van der Waals surface area contributed by atoms with Crippen molar-refractivity contribution in [2.24, 2.45) is 5.73 Å². The lowest BCUT2D eigenvalue weighted by Gasteiger charge is -2.39. The molecule has 9 heteroatoms. The van der Waals surface area contributed by atoms with E-state index in [1.165, 1.54) is 0 Å². The molecule has 23 heavy (non-hydrogen) atoms. The number of amides is 2. The van der Waals surface area contributed by atoms with Gasteiger partial charge >= 0.3 is 0 Å². The highest BCUT2D eigenvalue weighted by Gasteiger charge is 2.28. The Morgan fingerprint density at radius 2 is 1.83 bits per heavy atom. The number of carbonyl (C=O) groups excluding carboxylic acids is 2. The lowest BCUT2D eigenvalue weighted by Crippen LogP contribution is -2.53. The number of piperidine rings is 1. The summed E-state index contributed by atoms with van der Waals surface area (Å²) in [6.07, 6.45) is 3.23. The SMILES string of the molecule is Cl.Cl.NCC(=O)NCC(=O)N1CCCCC1CN1CCOCC1. The van der Waals surface area contributed by atoms with Crippen molar-refractivity contribution in [2.75, 3.05) is 52.5 Å². The summed E-state index contributed by atoms with van der Waals surface area (Å²) in [5.74, 6) is -0.292. The first-order chi connectivity index (χ1) is 10.2. The molecule has 0 saturated carbocycles. The van der Waals surface area contributed by atoms with Crippen LogP contribution in [0.2, 0.25) is 0 Å². The van der Waals surface area contributed by atoms with E-state index in [2.05, 4.69) is 10.2 Å². The first-order valence-electron chi connectivity index (χ1n) is 7.77. The van der Waals surface area contributed by atoms with Crippen LogP contribution < -0.4 is 11.1 Å². The predicted molar refractivity (Wildman–Crippen MR) is 93.2 cm³/mol. The Bertz CT molecular complexity index is 368. The molecule has 1 unspecified atom stereocenters. The van der Waals surface area contributed by atoms with Gasteiger partial charge in [-0.05, 0) is 19.3 Å². The second-order valence-corrected chi connectivity index (χ2v) is 5.63. The first-order valence-corrected chi connectivity index (χ1v) is 7.77. The molecular weight excluding hydrogens is 343 g/mol. The third-order valence-corrected chi connectivity index (χ3v) is 4.14. The lowest BCUT2D eigenvalue weighted by molar-refractivity contribution is -0.136. The Kier molecular flexibility index (Phi) is 11.6. The molecule has 7 nitrogen and oxygen atoms in total. The number of hydrogen-bond donors (Lipinski definition) is 2. The van der Waals surface area contributed by atoms with E-state index in [1.54, 1.807) is 0 Å².